The van der Waals surface area contributed by atoms with Gasteiger partial charge in [0.25, 0.3) is 5.91 Å². The van der Waals surface area contributed by atoms with E-state index in [2.05, 4.69) is 10.6 Å². The van der Waals surface area contributed by atoms with Crippen LogP contribution in [-0.4, -0.2) is 32.7 Å². The molecule has 0 aromatic heterocycles. The molecule has 0 spiro atoms. The van der Waals surface area contributed by atoms with E-state index in [0.29, 0.717) is 30.9 Å². The summed E-state index contributed by atoms with van der Waals surface area (Å²) in [6.45, 7) is 2.76. The molecule has 2 aromatic carbocycles. The van der Waals surface area contributed by atoms with Gasteiger partial charge in [0.15, 0.2) is 0 Å². The van der Waals surface area contributed by atoms with Gasteiger partial charge in [0, 0.05) is 49.0 Å². The Morgan fingerprint density at radius 1 is 1.20 bits per heavy atom. The number of carbonyl (C=O) groups excluding carboxylic acids is 1. The van der Waals surface area contributed by atoms with Gasteiger partial charge < -0.3 is 20.3 Å². The molecule has 160 valence electrons. The topological polar surface area (TPSA) is 53.6 Å². The van der Waals surface area contributed by atoms with E-state index in [9.17, 15) is 22.4 Å². The van der Waals surface area contributed by atoms with Crippen LogP contribution in [0.15, 0.2) is 42.6 Å². The maximum atomic E-state index is 13.7. The van der Waals surface area contributed by atoms with Gasteiger partial charge in [-0.2, -0.15) is 13.2 Å². The fourth-order valence-electron chi connectivity index (χ4n) is 3.24. The number of carbonyl (C=O) groups is 1. The second kappa shape index (κ2) is 8.74. The highest BCUT2D eigenvalue weighted by atomic mass is 19.4. The highest BCUT2D eigenvalue weighted by Crippen LogP contribution is 2.39. The van der Waals surface area contributed by atoms with Crippen LogP contribution >= 0.6 is 0 Å². The van der Waals surface area contributed by atoms with Gasteiger partial charge in [-0.3, -0.25) is 4.79 Å². The number of methoxy groups -OCH3 is 1. The van der Waals surface area contributed by atoms with Crippen LogP contribution in [0.5, 0.6) is 0 Å². The van der Waals surface area contributed by atoms with Crippen LogP contribution in [0.25, 0.3) is 5.57 Å². The minimum absolute atomic E-state index is 0.0475. The summed E-state index contributed by atoms with van der Waals surface area (Å²) in [5, 5.41) is 5.31. The summed E-state index contributed by atoms with van der Waals surface area (Å²) < 4.78 is 59.6. The maximum Gasteiger partial charge on any atom is 0.418 e. The molecule has 1 aliphatic rings. The summed E-state index contributed by atoms with van der Waals surface area (Å²) in [5.41, 5.74) is 0.322. The van der Waals surface area contributed by atoms with Crippen molar-refractivity contribution in [3.05, 3.63) is 59.5 Å². The molecule has 9 heteroatoms. The molecule has 0 fully saturated rings. The fraction of sp³-hybridized carbons (Fsp3) is 0.286. The lowest BCUT2D eigenvalue weighted by atomic mass is 10.1. The average molecular weight is 423 g/mol. The maximum absolute atomic E-state index is 13.7. The lowest BCUT2D eigenvalue weighted by Crippen LogP contribution is -2.29. The molecule has 1 heterocycles. The quantitative estimate of drug-likeness (QED) is 0.500. The first-order valence-corrected chi connectivity index (χ1v) is 9.27. The Balaban J connectivity index is 1.92. The molecule has 0 radical (unpaired) electrons. The van der Waals surface area contributed by atoms with E-state index in [1.165, 1.54) is 43.6 Å². The molecule has 2 N–H and O–H groups in total. The highest BCUT2D eigenvalue weighted by molar-refractivity contribution is 6.31. The molecule has 0 saturated carbocycles. The predicted octanol–water partition coefficient (Wildman–Crippen LogP) is 4.72. The largest absolute Gasteiger partial charge is 0.418 e. The Labute approximate surface area is 171 Å². The number of anilines is 3. The molecule has 0 saturated heterocycles. The molecular weight excluding hydrogens is 402 g/mol. The number of nitrogens with one attached hydrogen (secondary N) is 2. The van der Waals surface area contributed by atoms with E-state index in [-0.39, 0.29) is 16.9 Å². The lowest BCUT2D eigenvalue weighted by Gasteiger charge is -2.26. The number of halogens is 4. The van der Waals surface area contributed by atoms with Crippen LogP contribution in [-0.2, 0) is 15.7 Å². The minimum atomic E-state index is -4.57. The van der Waals surface area contributed by atoms with Crippen LogP contribution in [0.1, 0.15) is 18.1 Å². The number of nitrogens with zero attached hydrogens (tertiary/aromatic N) is 1. The number of amides is 1. The number of rotatable bonds is 7. The summed E-state index contributed by atoms with van der Waals surface area (Å²) in [7, 11) is 1.49. The molecule has 0 aliphatic carbocycles. The molecule has 0 atom stereocenters. The Morgan fingerprint density at radius 3 is 2.63 bits per heavy atom. The predicted molar refractivity (Wildman–Crippen MR) is 108 cm³/mol. The molecule has 0 bridgehead atoms. The number of hydrogen-bond donors (Lipinski definition) is 2. The highest BCUT2D eigenvalue weighted by Gasteiger charge is 2.35. The smallest absolute Gasteiger partial charge is 0.383 e. The second-order valence-electron chi connectivity index (χ2n) is 6.65. The third-order valence-electron chi connectivity index (χ3n) is 4.74. The standard InChI is InChI=1S/C21H21F4N3O2/c1-3-28(8-9-30-2)19-7-5-14(11-17(19)21(23,24)25)26-12-16-15-10-13(22)4-6-18(15)27-20(16)29/h4-7,10-12,26H,3,8-9H2,1-2H3,(H,27,29). The third-order valence-corrected chi connectivity index (χ3v) is 4.74. The number of fused-ring (bicyclic) bond motifs is 1. The fourth-order valence-corrected chi connectivity index (χ4v) is 3.24. The van der Waals surface area contributed by atoms with Gasteiger partial charge in [0.2, 0.25) is 0 Å². The number of ether oxygens (including phenoxy) is 1. The van der Waals surface area contributed by atoms with E-state index in [1.54, 1.807) is 11.8 Å². The van der Waals surface area contributed by atoms with Crippen molar-refractivity contribution in [3.8, 4) is 0 Å². The SMILES string of the molecule is CCN(CCOC)c1ccc(NC=C2C(=O)Nc3ccc(F)cc32)cc1C(F)(F)F. The molecule has 5 nitrogen and oxygen atoms in total. The first kappa shape index (κ1) is 21.6. The number of benzene rings is 2. The average Bonchev–Trinajstić information content (AvgIpc) is 3.01. The zero-order valence-corrected chi connectivity index (χ0v) is 16.4. The second-order valence-corrected chi connectivity index (χ2v) is 6.65. The summed E-state index contributed by atoms with van der Waals surface area (Å²) in [4.78, 5) is 13.7. The van der Waals surface area contributed by atoms with Gasteiger partial charge >= 0.3 is 6.18 Å². The van der Waals surface area contributed by atoms with Crippen molar-refractivity contribution in [1.82, 2.24) is 0 Å². The summed E-state index contributed by atoms with van der Waals surface area (Å²) >= 11 is 0. The Hall–Kier alpha value is -3.07. The van der Waals surface area contributed by atoms with Crippen molar-refractivity contribution in [2.24, 2.45) is 0 Å². The van der Waals surface area contributed by atoms with E-state index in [4.69, 9.17) is 4.74 Å². The molecular formula is C21H21F4N3O2. The third kappa shape index (κ3) is 4.56. The Morgan fingerprint density at radius 2 is 1.97 bits per heavy atom. The van der Waals surface area contributed by atoms with Gasteiger partial charge in [-0.15, -0.1) is 0 Å². The lowest BCUT2D eigenvalue weighted by molar-refractivity contribution is -0.137. The minimum Gasteiger partial charge on any atom is -0.383 e. The van der Waals surface area contributed by atoms with Gasteiger partial charge in [-0.25, -0.2) is 4.39 Å². The molecule has 2 aromatic rings. The normalized spacial score (nSPS) is 14.6. The first-order valence-electron chi connectivity index (χ1n) is 9.27. The van der Waals surface area contributed by atoms with Crippen molar-refractivity contribution >= 4 is 28.5 Å². The molecule has 3 rings (SSSR count). The van der Waals surface area contributed by atoms with Gasteiger partial charge in [0.1, 0.15) is 5.82 Å². The van der Waals surface area contributed by atoms with Crippen LogP contribution in [0.3, 0.4) is 0 Å². The van der Waals surface area contributed by atoms with Crippen LogP contribution < -0.4 is 15.5 Å². The molecule has 0 unspecified atom stereocenters. The van der Waals surface area contributed by atoms with E-state index in [0.717, 1.165) is 6.07 Å². The summed E-state index contributed by atoms with van der Waals surface area (Å²) in [6.07, 6.45) is -3.29. The van der Waals surface area contributed by atoms with E-state index >= 15 is 0 Å². The first-order chi connectivity index (χ1) is 14.2. The number of alkyl halides is 3. The van der Waals surface area contributed by atoms with Crippen molar-refractivity contribution in [3.63, 3.8) is 0 Å². The van der Waals surface area contributed by atoms with Crippen molar-refractivity contribution in [2.75, 3.05) is 42.3 Å². The van der Waals surface area contributed by atoms with Crippen molar-refractivity contribution in [2.45, 2.75) is 13.1 Å². The van der Waals surface area contributed by atoms with Crippen molar-refractivity contribution in [1.29, 1.82) is 0 Å². The van der Waals surface area contributed by atoms with Gasteiger partial charge in [-0.05, 0) is 43.3 Å². The zero-order chi connectivity index (χ0) is 21.9. The van der Waals surface area contributed by atoms with Crippen LogP contribution in [0, 0.1) is 5.82 Å². The molecule has 1 amide bonds. The van der Waals surface area contributed by atoms with E-state index in [1.807, 2.05) is 0 Å². The summed E-state index contributed by atoms with van der Waals surface area (Å²) in [5.74, 6) is -0.983. The Bertz CT molecular complexity index is 973. The number of hydrogen-bond acceptors (Lipinski definition) is 4. The number of likely N-dealkylation sites (N-methyl/N-ethyl adjacent to an activating group) is 1. The van der Waals surface area contributed by atoms with Crippen molar-refractivity contribution < 1.29 is 27.1 Å². The van der Waals surface area contributed by atoms with E-state index < -0.39 is 23.5 Å². The molecule has 1 aliphatic heterocycles. The monoisotopic (exact) mass is 423 g/mol. The Kier molecular flexibility index (Phi) is 6.31. The zero-order valence-electron chi connectivity index (χ0n) is 16.4. The van der Waals surface area contributed by atoms with Crippen LogP contribution in [0.2, 0.25) is 0 Å². The van der Waals surface area contributed by atoms with Crippen LogP contribution in [0.4, 0.5) is 34.6 Å². The van der Waals surface area contributed by atoms with Gasteiger partial charge in [-0.1, -0.05) is 0 Å². The van der Waals surface area contributed by atoms with Gasteiger partial charge in [0.05, 0.1) is 17.7 Å². The molecule has 30 heavy (non-hydrogen) atoms. The summed E-state index contributed by atoms with van der Waals surface area (Å²) in [6, 6.07) is 7.70.